The maximum Gasteiger partial charge on any atom is 0.263 e. The second-order valence-electron chi connectivity index (χ2n) is 7.01. The summed E-state index contributed by atoms with van der Waals surface area (Å²) in [6.45, 7) is 3.87. The molecule has 0 spiro atoms. The summed E-state index contributed by atoms with van der Waals surface area (Å²) < 4.78 is 6.60. The predicted octanol–water partition coefficient (Wildman–Crippen LogP) is 4.39. The Bertz CT molecular complexity index is 1290. The number of amides is 1. The standard InChI is InChI=1S/C23H21N3O3S/c1-14-8-10-16(11-9-14)20-15(2)30-22-21(20)23(28)26(13-24-22)12-19(27)25-17-6-4-5-7-18(17)29-3/h4-11,13H,12H2,1-3H3,(H,25,27). The zero-order valence-corrected chi connectivity index (χ0v) is 17.7. The number of methoxy groups -OCH3 is 1. The minimum atomic E-state index is -0.327. The molecule has 6 nitrogen and oxygen atoms in total. The van der Waals surface area contributed by atoms with Crippen LogP contribution in [-0.2, 0) is 11.3 Å². The van der Waals surface area contributed by atoms with Crippen molar-refractivity contribution in [3.05, 3.63) is 75.7 Å². The number of para-hydroxylation sites is 2. The smallest absolute Gasteiger partial charge is 0.263 e. The second kappa shape index (κ2) is 8.12. The molecule has 2 aromatic heterocycles. The molecule has 4 aromatic rings. The van der Waals surface area contributed by atoms with Crippen LogP contribution in [0, 0.1) is 13.8 Å². The molecule has 2 aromatic carbocycles. The molecule has 0 aliphatic heterocycles. The van der Waals surface area contributed by atoms with Crippen LogP contribution in [0.5, 0.6) is 5.75 Å². The normalized spacial score (nSPS) is 10.9. The first-order chi connectivity index (χ1) is 14.5. The van der Waals surface area contributed by atoms with Crippen LogP contribution in [0.2, 0.25) is 0 Å². The number of nitrogens with zero attached hydrogens (tertiary/aromatic N) is 2. The number of benzene rings is 2. The van der Waals surface area contributed by atoms with E-state index >= 15 is 0 Å². The Labute approximate surface area is 177 Å². The van der Waals surface area contributed by atoms with Gasteiger partial charge < -0.3 is 10.1 Å². The lowest BCUT2D eigenvalue weighted by Gasteiger charge is -2.11. The molecule has 152 valence electrons. The summed E-state index contributed by atoms with van der Waals surface area (Å²) in [7, 11) is 1.54. The molecule has 2 heterocycles. The van der Waals surface area contributed by atoms with Gasteiger partial charge in [-0.25, -0.2) is 4.98 Å². The van der Waals surface area contributed by atoms with Gasteiger partial charge in [0, 0.05) is 10.4 Å². The van der Waals surface area contributed by atoms with Gasteiger partial charge in [-0.1, -0.05) is 42.0 Å². The molecule has 0 atom stereocenters. The van der Waals surface area contributed by atoms with Gasteiger partial charge in [-0.3, -0.25) is 14.2 Å². The van der Waals surface area contributed by atoms with Gasteiger partial charge in [0.15, 0.2) is 0 Å². The van der Waals surface area contributed by atoms with E-state index in [0.29, 0.717) is 21.7 Å². The molecule has 1 amide bonds. The minimum Gasteiger partial charge on any atom is -0.495 e. The molecule has 0 unspecified atom stereocenters. The van der Waals surface area contributed by atoms with E-state index in [9.17, 15) is 9.59 Å². The Hall–Kier alpha value is -3.45. The molecule has 30 heavy (non-hydrogen) atoms. The topological polar surface area (TPSA) is 73.2 Å². The highest BCUT2D eigenvalue weighted by atomic mass is 32.1. The SMILES string of the molecule is COc1ccccc1NC(=O)Cn1cnc2sc(C)c(-c3ccc(C)cc3)c2c1=O. The fourth-order valence-electron chi connectivity index (χ4n) is 3.41. The van der Waals surface area contributed by atoms with E-state index in [1.807, 2.05) is 44.2 Å². The number of aromatic nitrogens is 2. The van der Waals surface area contributed by atoms with Crippen molar-refractivity contribution in [2.75, 3.05) is 12.4 Å². The number of rotatable bonds is 5. The van der Waals surface area contributed by atoms with E-state index in [1.165, 1.54) is 22.2 Å². The highest BCUT2D eigenvalue weighted by Gasteiger charge is 2.18. The third-order valence-corrected chi connectivity index (χ3v) is 5.90. The lowest BCUT2D eigenvalue weighted by Crippen LogP contribution is -2.28. The number of aryl methyl sites for hydroxylation is 2. The van der Waals surface area contributed by atoms with Gasteiger partial charge in [-0.05, 0) is 31.5 Å². The van der Waals surface area contributed by atoms with Crippen LogP contribution in [0.25, 0.3) is 21.3 Å². The Morgan fingerprint density at radius 2 is 1.87 bits per heavy atom. The van der Waals surface area contributed by atoms with Gasteiger partial charge in [0.1, 0.15) is 17.1 Å². The summed E-state index contributed by atoms with van der Waals surface area (Å²) in [5, 5.41) is 3.34. The fraction of sp³-hybridized carbons (Fsp3) is 0.174. The fourth-order valence-corrected chi connectivity index (χ4v) is 4.41. The van der Waals surface area contributed by atoms with Gasteiger partial charge in [-0.2, -0.15) is 0 Å². The van der Waals surface area contributed by atoms with Gasteiger partial charge in [0.05, 0.1) is 24.5 Å². The van der Waals surface area contributed by atoms with Gasteiger partial charge in [0.25, 0.3) is 5.56 Å². The molecular formula is C23H21N3O3S. The van der Waals surface area contributed by atoms with Gasteiger partial charge in [0.2, 0.25) is 5.91 Å². The predicted molar refractivity (Wildman–Crippen MR) is 120 cm³/mol. The van der Waals surface area contributed by atoms with Gasteiger partial charge >= 0.3 is 0 Å². The van der Waals surface area contributed by atoms with Crippen molar-refractivity contribution in [3.63, 3.8) is 0 Å². The molecule has 0 aliphatic carbocycles. The van der Waals surface area contributed by atoms with Crippen molar-refractivity contribution in [2.24, 2.45) is 0 Å². The van der Waals surface area contributed by atoms with Crippen molar-refractivity contribution in [1.82, 2.24) is 9.55 Å². The average Bonchev–Trinajstić information content (AvgIpc) is 3.08. The number of carbonyl (C=O) groups is 1. The number of carbonyl (C=O) groups excluding carboxylic acids is 1. The Kier molecular flexibility index (Phi) is 5.37. The van der Waals surface area contributed by atoms with E-state index in [0.717, 1.165) is 21.6 Å². The van der Waals surface area contributed by atoms with Crippen molar-refractivity contribution in [1.29, 1.82) is 0 Å². The van der Waals surface area contributed by atoms with Crippen LogP contribution in [0.4, 0.5) is 5.69 Å². The van der Waals surface area contributed by atoms with Crippen molar-refractivity contribution in [3.8, 4) is 16.9 Å². The zero-order chi connectivity index (χ0) is 21.3. The third-order valence-electron chi connectivity index (χ3n) is 4.89. The van der Waals surface area contributed by atoms with Crippen LogP contribution in [-0.4, -0.2) is 22.6 Å². The molecule has 0 aliphatic rings. The molecule has 0 saturated heterocycles. The number of fused-ring (bicyclic) bond motifs is 1. The van der Waals surface area contributed by atoms with Crippen molar-refractivity contribution in [2.45, 2.75) is 20.4 Å². The number of hydrogen-bond acceptors (Lipinski definition) is 5. The largest absolute Gasteiger partial charge is 0.495 e. The molecule has 0 bridgehead atoms. The molecule has 0 fully saturated rings. The average molecular weight is 420 g/mol. The third kappa shape index (κ3) is 3.71. The summed E-state index contributed by atoms with van der Waals surface area (Å²) >= 11 is 1.49. The first-order valence-electron chi connectivity index (χ1n) is 9.46. The minimum absolute atomic E-state index is 0.137. The Balaban J connectivity index is 1.70. The van der Waals surface area contributed by atoms with E-state index in [-0.39, 0.29) is 18.0 Å². The van der Waals surface area contributed by atoms with Crippen LogP contribution in [0.1, 0.15) is 10.4 Å². The van der Waals surface area contributed by atoms with E-state index < -0.39 is 0 Å². The Morgan fingerprint density at radius 3 is 2.60 bits per heavy atom. The highest BCUT2D eigenvalue weighted by molar-refractivity contribution is 7.19. The summed E-state index contributed by atoms with van der Waals surface area (Å²) in [6.07, 6.45) is 1.43. The molecular weight excluding hydrogens is 398 g/mol. The number of hydrogen-bond donors (Lipinski definition) is 1. The number of thiophene rings is 1. The summed E-state index contributed by atoms with van der Waals surface area (Å²) in [4.78, 5) is 32.0. The van der Waals surface area contributed by atoms with Crippen molar-refractivity contribution < 1.29 is 9.53 Å². The summed E-state index contributed by atoms with van der Waals surface area (Å²) in [5.41, 5.74) is 3.33. The summed E-state index contributed by atoms with van der Waals surface area (Å²) in [6, 6.07) is 15.2. The van der Waals surface area contributed by atoms with Crippen LogP contribution >= 0.6 is 11.3 Å². The molecule has 4 rings (SSSR count). The lowest BCUT2D eigenvalue weighted by molar-refractivity contribution is -0.116. The number of anilines is 1. The monoisotopic (exact) mass is 419 g/mol. The van der Waals surface area contributed by atoms with Crippen molar-refractivity contribution >= 4 is 33.1 Å². The van der Waals surface area contributed by atoms with Crippen LogP contribution < -0.4 is 15.6 Å². The van der Waals surface area contributed by atoms with E-state index in [1.54, 1.807) is 25.3 Å². The van der Waals surface area contributed by atoms with Crippen LogP contribution in [0.3, 0.4) is 0 Å². The highest BCUT2D eigenvalue weighted by Crippen LogP contribution is 2.35. The Morgan fingerprint density at radius 1 is 1.13 bits per heavy atom. The summed E-state index contributed by atoms with van der Waals surface area (Å²) in [5.74, 6) is 0.230. The number of nitrogens with one attached hydrogen (secondary N) is 1. The van der Waals surface area contributed by atoms with E-state index in [4.69, 9.17) is 4.74 Å². The second-order valence-corrected chi connectivity index (χ2v) is 8.21. The molecule has 0 radical (unpaired) electrons. The van der Waals surface area contributed by atoms with Crippen LogP contribution in [0.15, 0.2) is 59.7 Å². The van der Waals surface area contributed by atoms with Gasteiger partial charge in [-0.15, -0.1) is 11.3 Å². The quantitative estimate of drug-likeness (QED) is 0.521. The van der Waals surface area contributed by atoms with E-state index in [2.05, 4.69) is 10.3 Å². The lowest BCUT2D eigenvalue weighted by atomic mass is 10.0. The number of ether oxygens (including phenoxy) is 1. The molecule has 7 heteroatoms. The first-order valence-corrected chi connectivity index (χ1v) is 10.3. The molecule has 0 saturated carbocycles. The zero-order valence-electron chi connectivity index (χ0n) is 16.9. The maximum atomic E-state index is 13.2. The molecule has 1 N–H and O–H groups in total. The maximum absolute atomic E-state index is 13.2. The first kappa shape index (κ1) is 19.8.